The van der Waals surface area contributed by atoms with Crippen LogP contribution in [0.4, 0.5) is 5.69 Å². The third-order valence-electron chi connectivity index (χ3n) is 11.9. The number of piperidine rings is 1. The van der Waals surface area contributed by atoms with Crippen molar-refractivity contribution in [3.05, 3.63) is 58.1 Å². The van der Waals surface area contributed by atoms with Gasteiger partial charge in [-0.3, -0.25) is 4.79 Å². The highest BCUT2D eigenvalue weighted by molar-refractivity contribution is 7.90. The van der Waals surface area contributed by atoms with E-state index in [1.807, 2.05) is 25.1 Å². The maximum absolute atomic E-state index is 13.5. The summed E-state index contributed by atoms with van der Waals surface area (Å²) >= 11 is 6.37. The van der Waals surface area contributed by atoms with Crippen LogP contribution in [0.1, 0.15) is 93.1 Å². The van der Waals surface area contributed by atoms with Crippen molar-refractivity contribution in [2.45, 2.75) is 95.5 Å². The number of sulfonamides is 1. The van der Waals surface area contributed by atoms with E-state index < -0.39 is 26.8 Å². The number of carbonyl (C=O) groups is 1. The molecule has 2 bridgehead atoms. The zero-order valence-electron chi connectivity index (χ0n) is 28.2. The Labute approximate surface area is 286 Å². The van der Waals surface area contributed by atoms with Crippen LogP contribution < -0.4 is 14.4 Å². The lowest BCUT2D eigenvalue weighted by Crippen LogP contribution is -2.56. The predicted octanol–water partition coefficient (Wildman–Crippen LogP) is 6.43. The monoisotopic (exact) mass is 685 g/mol. The Balaban J connectivity index is 1.39. The number of hydrogen-bond donors (Lipinski definition) is 2. The van der Waals surface area contributed by atoms with Gasteiger partial charge in [0.25, 0.3) is 5.91 Å². The standard InChI is InChI=1S/C37H52ClN3O5S/c1-25-7-6-17-37(43,31-15-19-40(3)20-16-31)33-13-10-29(33)23-41-18-5-4-8-27-21-32(38)12-9-30(27)24-46-35-14-11-28(22-34(35)41)36(42)39-47(44,45)26(25)2/h9,11-12,14,21-22,25-26,29,31,33,43H,4-8,10,13,15-20,23-24H2,1-3H3,(H,39,42)/t25-,26+,29-,33+,37+/m0/s1. The summed E-state index contributed by atoms with van der Waals surface area (Å²) in [6.45, 7) is 7.49. The van der Waals surface area contributed by atoms with E-state index >= 15 is 0 Å². The molecule has 3 aliphatic heterocycles. The minimum Gasteiger partial charge on any atom is -0.487 e. The third kappa shape index (κ3) is 7.48. The van der Waals surface area contributed by atoms with Crippen LogP contribution in [0.3, 0.4) is 0 Å². The first-order valence-electron chi connectivity index (χ1n) is 17.7. The number of aryl methyl sites for hydroxylation is 1. The number of carbonyl (C=O) groups excluding carboxylic acids is 1. The largest absolute Gasteiger partial charge is 0.487 e. The zero-order chi connectivity index (χ0) is 33.3. The Morgan fingerprint density at radius 1 is 0.957 bits per heavy atom. The lowest BCUT2D eigenvalue weighted by atomic mass is 9.58. The summed E-state index contributed by atoms with van der Waals surface area (Å²) in [6, 6.07) is 11.2. The molecule has 2 aromatic carbocycles. The first-order chi connectivity index (χ1) is 22.4. The number of rotatable bonds is 1. The summed E-state index contributed by atoms with van der Waals surface area (Å²) in [5, 5.41) is 12.7. The van der Waals surface area contributed by atoms with Crippen LogP contribution in [0.15, 0.2) is 36.4 Å². The van der Waals surface area contributed by atoms with Gasteiger partial charge in [-0.05, 0) is 150 Å². The highest BCUT2D eigenvalue weighted by Crippen LogP contribution is 2.51. The molecular formula is C37H52ClN3O5S. The zero-order valence-corrected chi connectivity index (χ0v) is 29.8. The normalized spacial score (nSPS) is 31.3. The SMILES string of the molecule is C[C@@H]1[C@@H](C)CCC[C@@](O)(C2CCN(C)CC2)[C@@H]2CC[C@H]2CN2CCCCc3cc(Cl)ccc3COc3ccc(cc32)C(=O)NS1(=O)=O. The average molecular weight is 686 g/mol. The van der Waals surface area contributed by atoms with E-state index in [1.54, 1.807) is 25.1 Å². The number of amides is 1. The lowest BCUT2D eigenvalue weighted by molar-refractivity contribution is -0.138. The van der Waals surface area contributed by atoms with E-state index in [4.69, 9.17) is 16.3 Å². The molecule has 6 rings (SSSR count). The van der Waals surface area contributed by atoms with Crippen molar-refractivity contribution in [1.29, 1.82) is 0 Å². The molecule has 0 spiro atoms. The van der Waals surface area contributed by atoms with E-state index in [1.165, 1.54) is 5.56 Å². The number of anilines is 1. The average Bonchev–Trinajstić information content (AvgIpc) is 3.05. The van der Waals surface area contributed by atoms with Crippen LogP contribution in [0.25, 0.3) is 0 Å². The Kier molecular flexibility index (Phi) is 10.5. The van der Waals surface area contributed by atoms with Crippen molar-refractivity contribution >= 4 is 33.2 Å². The molecule has 1 aliphatic carbocycles. The van der Waals surface area contributed by atoms with Crippen LogP contribution in [-0.2, 0) is 23.1 Å². The first-order valence-corrected chi connectivity index (χ1v) is 19.6. The summed E-state index contributed by atoms with van der Waals surface area (Å²) < 4.78 is 35.8. The molecule has 1 saturated heterocycles. The van der Waals surface area contributed by atoms with Gasteiger partial charge < -0.3 is 19.6 Å². The number of fused-ring (bicyclic) bond motifs is 3. The number of likely N-dealkylation sites (tertiary alicyclic amines) is 1. The molecule has 2 fully saturated rings. The van der Waals surface area contributed by atoms with Gasteiger partial charge in [0.15, 0.2) is 0 Å². The topological polar surface area (TPSA) is 99.2 Å². The number of nitrogens with zero attached hydrogens (tertiary/aromatic N) is 2. The molecule has 0 radical (unpaired) electrons. The smallest absolute Gasteiger partial charge is 0.264 e. The van der Waals surface area contributed by atoms with E-state index in [0.717, 1.165) is 88.8 Å². The minimum absolute atomic E-state index is 0.166. The summed E-state index contributed by atoms with van der Waals surface area (Å²) in [6.07, 6.45) is 8.94. The van der Waals surface area contributed by atoms with Gasteiger partial charge in [-0.25, -0.2) is 13.1 Å². The molecule has 5 atom stereocenters. The number of ether oxygens (including phenoxy) is 1. The van der Waals surface area contributed by atoms with Gasteiger partial charge in [-0.1, -0.05) is 31.0 Å². The van der Waals surface area contributed by atoms with Gasteiger partial charge in [0, 0.05) is 23.7 Å². The van der Waals surface area contributed by atoms with E-state index in [-0.39, 0.29) is 17.8 Å². The van der Waals surface area contributed by atoms with Gasteiger partial charge in [0.2, 0.25) is 10.0 Å². The Morgan fingerprint density at radius 3 is 2.49 bits per heavy atom. The Bertz CT molecular complexity index is 1540. The van der Waals surface area contributed by atoms with Crippen LogP contribution in [0.2, 0.25) is 5.02 Å². The number of benzene rings is 2. The third-order valence-corrected chi connectivity index (χ3v) is 14.1. The van der Waals surface area contributed by atoms with E-state index in [9.17, 15) is 18.3 Å². The molecule has 1 amide bonds. The van der Waals surface area contributed by atoms with Crippen molar-refractivity contribution in [3.8, 4) is 5.75 Å². The molecule has 0 unspecified atom stereocenters. The van der Waals surface area contributed by atoms with E-state index in [0.29, 0.717) is 41.7 Å². The summed E-state index contributed by atoms with van der Waals surface area (Å²) in [5.41, 5.74) is 2.58. The molecule has 8 nitrogen and oxygen atoms in total. The summed E-state index contributed by atoms with van der Waals surface area (Å²) in [5.74, 6) is 0.608. The molecule has 2 N–H and O–H groups in total. The van der Waals surface area contributed by atoms with Gasteiger partial charge in [0.05, 0.1) is 16.5 Å². The van der Waals surface area contributed by atoms with Crippen LogP contribution >= 0.6 is 11.6 Å². The maximum atomic E-state index is 13.5. The van der Waals surface area contributed by atoms with E-state index in [2.05, 4.69) is 21.6 Å². The van der Waals surface area contributed by atoms with Gasteiger partial charge in [-0.15, -0.1) is 0 Å². The van der Waals surface area contributed by atoms with Crippen LogP contribution in [0.5, 0.6) is 5.75 Å². The van der Waals surface area contributed by atoms with Crippen molar-refractivity contribution in [2.75, 3.05) is 38.1 Å². The maximum Gasteiger partial charge on any atom is 0.264 e. The van der Waals surface area contributed by atoms with Gasteiger partial charge in [-0.2, -0.15) is 0 Å². The van der Waals surface area contributed by atoms with Gasteiger partial charge in [0.1, 0.15) is 12.4 Å². The van der Waals surface area contributed by atoms with Crippen LogP contribution in [0, 0.1) is 23.7 Å². The fourth-order valence-corrected chi connectivity index (χ4v) is 10.0. The number of hydrogen-bond acceptors (Lipinski definition) is 7. The molecule has 2 aromatic rings. The fraction of sp³-hybridized carbons (Fsp3) is 0.649. The first kappa shape index (κ1) is 34.5. The molecule has 4 aliphatic rings. The molecule has 1 saturated carbocycles. The molecular weight excluding hydrogens is 634 g/mol. The van der Waals surface area contributed by atoms with Crippen molar-refractivity contribution in [1.82, 2.24) is 9.62 Å². The highest BCUT2D eigenvalue weighted by atomic mass is 35.5. The Morgan fingerprint density at radius 2 is 1.74 bits per heavy atom. The molecule has 3 heterocycles. The van der Waals surface area contributed by atoms with Crippen molar-refractivity contribution in [3.63, 3.8) is 0 Å². The number of nitrogens with one attached hydrogen (secondary N) is 1. The minimum atomic E-state index is -3.92. The number of halogens is 1. The fourth-order valence-electron chi connectivity index (χ4n) is 8.54. The predicted molar refractivity (Wildman–Crippen MR) is 188 cm³/mol. The van der Waals surface area contributed by atoms with Crippen molar-refractivity contribution in [2.24, 2.45) is 23.7 Å². The highest BCUT2D eigenvalue weighted by Gasteiger charge is 2.51. The second-order valence-corrected chi connectivity index (χ2v) is 17.3. The second-order valence-electron chi connectivity index (χ2n) is 14.9. The molecule has 0 aromatic heterocycles. The summed E-state index contributed by atoms with van der Waals surface area (Å²) in [4.78, 5) is 18.2. The summed E-state index contributed by atoms with van der Waals surface area (Å²) in [7, 11) is -1.77. The molecule has 10 heteroatoms. The second kappa shape index (κ2) is 14.3. The molecule has 258 valence electrons. The molecule has 47 heavy (non-hydrogen) atoms. The quantitative estimate of drug-likeness (QED) is 0.357. The van der Waals surface area contributed by atoms with Crippen LogP contribution in [-0.4, -0.2) is 68.4 Å². The Hall–Kier alpha value is -2.33. The number of aliphatic hydroxyl groups is 1. The lowest BCUT2D eigenvalue weighted by Gasteiger charge is -2.53. The van der Waals surface area contributed by atoms with Gasteiger partial charge >= 0.3 is 0 Å². The van der Waals surface area contributed by atoms with Crippen molar-refractivity contribution < 1.29 is 23.1 Å².